The molecular formula is C12H9ClF2OS. The first-order valence-electron chi connectivity index (χ1n) is 4.93. The molecule has 5 heteroatoms. The molecular weight excluding hydrogens is 266 g/mol. The summed E-state index contributed by atoms with van der Waals surface area (Å²) in [6.07, 6.45) is -1.12. The van der Waals surface area contributed by atoms with Gasteiger partial charge in [-0.3, -0.25) is 0 Å². The summed E-state index contributed by atoms with van der Waals surface area (Å²) in [5, 5.41) is 12.0. The van der Waals surface area contributed by atoms with Crippen LogP contribution in [0.2, 0.25) is 5.02 Å². The maximum atomic E-state index is 13.4. The van der Waals surface area contributed by atoms with Crippen LogP contribution < -0.4 is 0 Å². The highest BCUT2D eigenvalue weighted by Gasteiger charge is 2.18. The summed E-state index contributed by atoms with van der Waals surface area (Å²) in [4.78, 5) is 0.523. The number of halogens is 3. The van der Waals surface area contributed by atoms with E-state index >= 15 is 0 Å². The van der Waals surface area contributed by atoms with E-state index in [4.69, 9.17) is 11.6 Å². The molecule has 1 heterocycles. The Balaban J connectivity index is 2.25. The largest absolute Gasteiger partial charge is 0.387 e. The van der Waals surface area contributed by atoms with Crippen molar-refractivity contribution in [2.75, 3.05) is 0 Å². The lowest BCUT2D eigenvalue weighted by atomic mass is 10.1. The highest BCUT2D eigenvalue weighted by molar-refractivity contribution is 7.10. The number of aliphatic hydroxyl groups excluding tert-OH is 1. The Labute approximate surface area is 106 Å². The lowest BCUT2D eigenvalue weighted by Gasteiger charge is -2.10. The lowest BCUT2D eigenvalue weighted by molar-refractivity contribution is 0.179. The van der Waals surface area contributed by atoms with Crippen molar-refractivity contribution >= 4 is 22.9 Å². The second-order valence-electron chi connectivity index (χ2n) is 3.55. The van der Waals surface area contributed by atoms with Gasteiger partial charge in [0.1, 0.15) is 11.6 Å². The van der Waals surface area contributed by atoms with Crippen LogP contribution in [0.25, 0.3) is 0 Å². The predicted molar refractivity (Wildman–Crippen MR) is 64.4 cm³/mol. The molecule has 1 aromatic carbocycles. The summed E-state index contributed by atoms with van der Waals surface area (Å²) in [6, 6.07) is 5.27. The summed E-state index contributed by atoms with van der Waals surface area (Å²) >= 11 is 7.11. The number of thiophene rings is 1. The van der Waals surface area contributed by atoms with E-state index in [-0.39, 0.29) is 12.0 Å². The van der Waals surface area contributed by atoms with Gasteiger partial charge in [-0.1, -0.05) is 17.7 Å². The van der Waals surface area contributed by atoms with Crippen LogP contribution in [0.5, 0.6) is 0 Å². The maximum absolute atomic E-state index is 13.4. The molecule has 1 unspecified atom stereocenters. The molecule has 2 aromatic rings. The molecule has 1 N–H and O–H groups in total. The SMILES string of the molecule is OC(Cc1c(F)cccc1F)c1sccc1Cl. The molecule has 0 saturated heterocycles. The summed E-state index contributed by atoms with van der Waals surface area (Å²) in [5.74, 6) is -1.31. The van der Waals surface area contributed by atoms with E-state index in [0.717, 1.165) is 0 Å². The molecule has 0 saturated carbocycles. The van der Waals surface area contributed by atoms with Crippen molar-refractivity contribution in [2.45, 2.75) is 12.5 Å². The molecule has 0 aliphatic rings. The number of rotatable bonds is 3. The minimum Gasteiger partial charge on any atom is -0.387 e. The van der Waals surface area contributed by atoms with E-state index in [9.17, 15) is 13.9 Å². The van der Waals surface area contributed by atoms with E-state index in [2.05, 4.69) is 0 Å². The zero-order chi connectivity index (χ0) is 12.4. The monoisotopic (exact) mass is 274 g/mol. The summed E-state index contributed by atoms with van der Waals surface area (Å²) in [6.45, 7) is 0. The van der Waals surface area contributed by atoms with Gasteiger partial charge in [0.15, 0.2) is 0 Å². The fraction of sp³-hybridized carbons (Fsp3) is 0.167. The Bertz CT molecular complexity index is 507. The molecule has 0 radical (unpaired) electrons. The van der Waals surface area contributed by atoms with Crippen LogP contribution in [0.1, 0.15) is 16.5 Å². The van der Waals surface area contributed by atoms with E-state index in [1.165, 1.54) is 29.5 Å². The van der Waals surface area contributed by atoms with Gasteiger partial charge in [0.25, 0.3) is 0 Å². The first-order valence-corrected chi connectivity index (χ1v) is 6.19. The molecule has 90 valence electrons. The highest BCUT2D eigenvalue weighted by atomic mass is 35.5. The number of hydrogen-bond acceptors (Lipinski definition) is 2. The number of aliphatic hydroxyl groups is 1. The minimum atomic E-state index is -0.992. The van der Waals surface area contributed by atoms with Crippen LogP contribution in [0.15, 0.2) is 29.6 Å². The minimum absolute atomic E-state index is 0.121. The Kier molecular flexibility index (Phi) is 3.76. The van der Waals surface area contributed by atoms with Crippen molar-refractivity contribution in [1.82, 2.24) is 0 Å². The van der Waals surface area contributed by atoms with Crippen molar-refractivity contribution in [3.8, 4) is 0 Å². The highest BCUT2D eigenvalue weighted by Crippen LogP contribution is 2.31. The smallest absolute Gasteiger partial charge is 0.129 e. The molecule has 1 aromatic heterocycles. The normalized spacial score (nSPS) is 12.7. The van der Waals surface area contributed by atoms with Crippen molar-refractivity contribution < 1.29 is 13.9 Å². The first-order chi connectivity index (χ1) is 8.09. The number of benzene rings is 1. The van der Waals surface area contributed by atoms with E-state index in [1.807, 2.05) is 0 Å². The Morgan fingerprint density at radius 1 is 1.24 bits per heavy atom. The quantitative estimate of drug-likeness (QED) is 0.898. The summed E-state index contributed by atoms with van der Waals surface area (Å²) in [7, 11) is 0. The van der Waals surface area contributed by atoms with Crippen molar-refractivity contribution in [2.24, 2.45) is 0 Å². The van der Waals surface area contributed by atoms with Crippen LogP contribution in [0, 0.1) is 11.6 Å². The average Bonchev–Trinajstić information content (AvgIpc) is 2.70. The van der Waals surface area contributed by atoms with Crippen LogP contribution in [-0.4, -0.2) is 5.11 Å². The van der Waals surface area contributed by atoms with Crippen LogP contribution in [-0.2, 0) is 6.42 Å². The van der Waals surface area contributed by atoms with Gasteiger partial charge in [-0.25, -0.2) is 8.78 Å². The molecule has 0 aliphatic heterocycles. The maximum Gasteiger partial charge on any atom is 0.129 e. The fourth-order valence-electron chi connectivity index (χ4n) is 1.56. The van der Waals surface area contributed by atoms with Gasteiger partial charge in [0, 0.05) is 12.0 Å². The zero-order valence-corrected chi connectivity index (χ0v) is 10.2. The lowest BCUT2D eigenvalue weighted by Crippen LogP contribution is -2.04. The predicted octanol–water partition coefficient (Wildman–Crippen LogP) is 3.96. The third-order valence-corrected chi connectivity index (χ3v) is 3.87. The molecule has 0 amide bonds. The third-order valence-electron chi connectivity index (χ3n) is 2.41. The standard InChI is InChI=1S/C12H9ClF2OS/c13-8-4-5-17-12(8)11(16)6-7-9(14)2-1-3-10(7)15/h1-5,11,16H,6H2. The Morgan fingerprint density at radius 2 is 1.88 bits per heavy atom. The molecule has 0 spiro atoms. The van der Waals surface area contributed by atoms with Crippen molar-refractivity contribution in [1.29, 1.82) is 0 Å². The zero-order valence-electron chi connectivity index (χ0n) is 8.66. The molecule has 2 rings (SSSR count). The second-order valence-corrected chi connectivity index (χ2v) is 4.91. The summed E-state index contributed by atoms with van der Waals surface area (Å²) in [5.41, 5.74) is -0.121. The van der Waals surface area contributed by atoms with Gasteiger partial charge in [-0.2, -0.15) is 0 Å². The van der Waals surface area contributed by atoms with Crippen LogP contribution >= 0.6 is 22.9 Å². The first kappa shape index (κ1) is 12.5. The Hall–Kier alpha value is -0.970. The van der Waals surface area contributed by atoms with Gasteiger partial charge >= 0.3 is 0 Å². The van der Waals surface area contributed by atoms with E-state index in [1.54, 1.807) is 11.4 Å². The van der Waals surface area contributed by atoms with Crippen LogP contribution in [0.3, 0.4) is 0 Å². The van der Waals surface area contributed by atoms with Gasteiger partial charge in [-0.05, 0) is 23.6 Å². The summed E-state index contributed by atoms with van der Waals surface area (Å²) < 4.78 is 26.7. The van der Waals surface area contributed by atoms with E-state index in [0.29, 0.717) is 9.90 Å². The van der Waals surface area contributed by atoms with Gasteiger partial charge in [-0.15, -0.1) is 11.3 Å². The van der Waals surface area contributed by atoms with Crippen molar-refractivity contribution in [3.63, 3.8) is 0 Å². The fourth-order valence-corrected chi connectivity index (χ4v) is 2.73. The molecule has 0 aliphatic carbocycles. The second kappa shape index (κ2) is 5.12. The van der Waals surface area contributed by atoms with E-state index < -0.39 is 17.7 Å². The molecule has 0 fully saturated rings. The third kappa shape index (κ3) is 2.65. The Morgan fingerprint density at radius 3 is 2.41 bits per heavy atom. The van der Waals surface area contributed by atoms with Crippen molar-refractivity contribution in [3.05, 3.63) is 56.7 Å². The molecule has 1 nitrogen and oxygen atoms in total. The molecule has 1 atom stereocenters. The topological polar surface area (TPSA) is 20.2 Å². The number of hydrogen-bond donors (Lipinski definition) is 1. The van der Waals surface area contributed by atoms with Gasteiger partial charge < -0.3 is 5.11 Å². The van der Waals surface area contributed by atoms with Gasteiger partial charge in [0.2, 0.25) is 0 Å². The average molecular weight is 275 g/mol. The van der Waals surface area contributed by atoms with Gasteiger partial charge in [0.05, 0.1) is 16.0 Å². The molecule has 0 bridgehead atoms. The van der Waals surface area contributed by atoms with Crippen LogP contribution in [0.4, 0.5) is 8.78 Å². The molecule has 17 heavy (non-hydrogen) atoms.